The molecule has 0 spiro atoms. The second-order valence-electron chi connectivity index (χ2n) is 5.64. The van der Waals surface area contributed by atoms with Crippen LogP contribution in [0.15, 0.2) is 53.1 Å². The van der Waals surface area contributed by atoms with Crippen LogP contribution >= 0.6 is 12.4 Å². The van der Waals surface area contributed by atoms with E-state index in [-0.39, 0.29) is 24.3 Å². The standard InChI is InChI=1S/C18H21NO4.ClH/c20-18(17-9-6-12-21-17)23-16(13-19-10-4-5-11-19)14-22-15-7-2-1-3-8-15;/h1-3,6-9,12,16H,4-5,10-11,13-14H2;1H. The van der Waals surface area contributed by atoms with Crippen molar-refractivity contribution in [3.63, 3.8) is 0 Å². The summed E-state index contributed by atoms with van der Waals surface area (Å²) in [5.74, 6) is 0.542. The van der Waals surface area contributed by atoms with E-state index in [1.165, 1.54) is 19.1 Å². The molecule has 3 rings (SSSR count). The van der Waals surface area contributed by atoms with E-state index in [0.717, 1.165) is 18.8 Å². The van der Waals surface area contributed by atoms with Crippen LogP contribution in [0.5, 0.6) is 5.75 Å². The van der Waals surface area contributed by atoms with Crippen molar-refractivity contribution < 1.29 is 18.7 Å². The fraction of sp³-hybridized carbons (Fsp3) is 0.389. The highest BCUT2D eigenvalue weighted by atomic mass is 35.5. The summed E-state index contributed by atoms with van der Waals surface area (Å²) < 4.78 is 16.4. The molecule has 6 heteroatoms. The Bertz CT molecular complexity index is 597. The van der Waals surface area contributed by atoms with E-state index in [4.69, 9.17) is 13.9 Å². The minimum atomic E-state index is -0.448. The predicted molar refractivity (Wildman–Crippen MR) is 92.8 cm³/mol. The molecule has 0 aliphatic carbocycles. The Morgan fingerprint density at radius 3 is 2.54 bits per heavy atom. The molecule has 1 atom stereocenters. The Morgan fingerprint density at radius 1 is 1.12 bits per heavy atom. The number of likely N-dealkylation sites (tertiary alicyclic amines) is 1. The van der Waals surface area contributed by atoms with E-state index < -0.39 is 5.97 Å². The highest BCUT2D eigenvalue weighted by molar-refractivity contribution is 5.86. The molecule has 1 unspecified atom stereocenters. The van der Waals surface area contributed by atoms with Crippen LogP contribution in [0.1, 0.15) is 23.4 Å². The summed E-state index contributed by atoms with van der Waals surface area (Å²) in [6.45, 7) is 3.09. The molecule has 1 aliphatic heterocycles. The Hall–Kier alpha value is -1.98. The fourth-order valence-corrected chi connectivity index (χ4v) is 2.69. The molecule has 0 bridgehead atoms. The first-order valence-electron chi connectivity index (χ1n) is 7.96. The molecule has 0 radical (unpaired) electrons. The topological polar surface area (TPSA) is 51.9 Å². The monoisotopic (exact) mass is 351 g/mol. The van der Waals surface area contributed by atoms with Gasteiger partial charge in [-0.25, -0.2) is 4.79 Å². The zero-order valence-electron chi connectivity index (χ0n) is 13.4. The van der Waals surface area contributed by atoms with E-state index in [1.54, 1.807) is 12.1 Å². The average Bonchev–Trinajstić information content (AvgIpc) is 3.27. The molecular formula is C18H22ClNO4. The summed E-state index contributed by atoms with van der Waals surface area (Å²) in [6.07, 6.45) is 3.52. The van der Waals surface area contributed by atoms with Crippen LogP contribution < -0.4 is 4.74 Å². The van der Waals surface area contributed by atoms with Crippen molar-refractivity contribution in [1.29, 1.82) is 0 Å². The fourth-order valence-electron chi connectivity index (χ4n) is 2.69. The molecule has 24 heavy (non-hydrogen) atoms. The summed E-state index contributed by atoms with van der Waals surface area (Å²) in [7, 11) is 0. The molecule has 0 amide bonds. The third kappa shape index (κ3) is 5.28. The van der Waals surface area contributed by atoms with Crippen molar-refractivity contribution in [3.05, 3.63) is 54.5 Å². The number of para-hydroxylation sites is 1. The van der Waals surface area contributed by atoms with Crippen LogP contribution in [0.3, 0.4) is 0 Å². The number of furan rings is 1. The van der Waals surface area contributed by atoms with Crippen LogP contribution in [0.4, 0.5) is 0 Å². The van der Waals surface area contributed by atoms with Gasteiger partial charge in [-0.15, -0.1) is 12.4 Å². The maximum Gasteiger partial charge on any atom is 0.374 e. The van der Waals surface area contributed by atoms with Gasteiger partial charge in [-0.2, -0.15) is 0 Å². The molecule has 2 aromatic rings. The van der Waals surface area contributed by atoms with Gasteiger partial charge in [0.1, 0.15) is 18.5 Å². The van der Waals surface area contributed by atoms with E-state index in [9.17, 15) is 4.79 Å². The molecule has 1 aromatic carbocycles. The van der Waals surface area contributed by atoms with Crippen molar-refractivity contribution in [2.75, 3.05) is 26.2 Å². The normalized spacial score (nSPS) is 15.5. The Kier molecular flexibility index (Phi) is 7.15. The van der Waals surface area contributed by atoms with Crippen molar-refractivity contribution >= 4 is 18.4 Å². The molecule has 1 aliphatic rings. The van der Waals surface area contributed by atoms with Gasteiger partial charge in [0.05, 0.1) is 6.26 Å². The zero-order chi connectivity index (χ0) is 15.9. The van der Waals surface area contributed by atoms with Gasteiger partial charge in [0, 0.05) is 6.54 Å². The van der Waals surface area contributed by atoms with Gasteiger partial charge in [0.25, 0.3) is 0 Å². The van der Waals surface area contributed by atoms with Crippen LogP contribution in [0.2, 0.25) is 0 Å². The number of hydrogen-bond donors (Lipinski definition) is 0. The quantitative estimate of drug-likeness (QED) is 0.715. The maximum absolute atomic E-state index is 12.1. The lowest BCUT2D eigenvalue weighted by molar-refractivity contribution is 0.00513. The first-order chi connectivity index (χ1) is 11.3. The van der Waals surface area contributed by atoms with Crippen LogP contribution in [-0.2, 0) is 4.74 Å². The molecule has 1 aromatic heterocycles. The molecule has 0 N–H and O–H groups in total. The van der Waals surface area contributed by atoms with E-state index in [1.807, 2.05) is 30.3 Å². The zero-order valence-corrected chi connectivity index (χ0v) is 14.2. The molecule has 5 nitrogen and oxygen atoms in total. The summed E-state index contributed by atoms with van der Waals surface area (Å²) >= 11 is 0. The number of carbonyl (C=O) groups excluding carboxylic acids is 1. The van der Waals surface area contributed by atoms with Gasteiger partial charge in [-0.05, 0) is 50.2 Å². The van der Waals surface area contributed by atoms with Gasteiger partial charge in [0.2, 0.25) is 5.76 Å². The van der Waals surface area contributed by atoms with Gasteiger partial charge in [-0.1, -0.05) is 18.2 Å². The largest absolute Gasteiger partial charge is 0.490 e. The number of benzene rings is 1. The molecule has 130 valence electrons. The van der Waals surface area contributed by atoms with Crippen molar-refractivity contribution in [1.82, 2.24) is 4.90 Å². The van der Waals surface area contributed by atoms with E-state index >= 15 is 0 Å². The Labute approximate surface area is 147 Å². The van der Waals surface area contributed by atoms with Gasteiger partial charge >= 0.3 is 5.97 Å². The van der Waals surface area contributed by atoms with Gasteiger partial charge in [-0.3, -0.25) is 4.90 Å². The van der Waals surface area contributed by atoms with Crippen LogP contribution in [0, 0.1) is 0 Å². The van der Waals surface area contributed by atoms with Crippen LogP contribution in [-0.4, -0.2) is 43.2 Å². The molecular weight excluding hydrogens is 330 g/mol. The lowest BCUT2D eigenvalue weighted by atomic mass is 10.3. The Morgan fingerprint density at radius 2 is 1.88 bits per heavy atom. The summed E-state index contributed by atoms with van der Waals surface area (Å²) in [6, 6.07) is 12.8. The lowest BCUT2D eigenvalue weighted by Gasteiger charge is -2.23. The number of rotatable bonds is 7. The first kappa shape index (κ1) is 18.4. The molecule has 1 fully saturated rings. The second kappa shape index (κ2) is 9.35. The highest BCUT2D eigenvalue weighted by Gasteiger charge is 2.23. The number of ether oxygens (including phenoxy) is 2. The minimum Gasteiger partial charge on any atom is -0.490 e. The van der Waals surface area contributed by atoms with Crippen molar-refractivity contribution in [3.8, 4) is 5.75 Å². The van der Waals surface area contributed by atoms with E-state index in [0.29, 0.717) is 13.2 Å². The lowest BCUT2D eigenvalue weighted by Crippen LogP contribution is -2.37. The van der Waals surface area contributed by atoms with Gasteiger partial charge in [0.15, 0.2) is 0 Å². The number of hydrogen-bond acceptors (Lipinski definition) is 5. The molecule has 1 saturated heterocycles. The summed E-state index contributed by atoms with van der Waals surface area (Å²) in [5.41, 5.74) is 0. The predicted octanol–water partition coefficient (Wildman–Crippen LogP) is 3.40. The number of esters is 1. The van der Waals surface area contributed by atoms with Crippen LogP contribution in [0.25, 0.3) is 0 Å². The Balaban J connectivity index is 0.00000208. The smallest absolute Gasteiger partial charge is 0.374 e. The third-order valence-corrected chi connectivity index (χ3v) is 3.84. The van der Waals surface area contributed by atoms with Gasteiger partial charge < -0.3 is 13.9 Å². The van der Waals surface area contributed by atoms with E-state index in [2.05, 4.69) is 4.90 Å². The SMILES string of the molecule is Cl.O=C(OC(COc1ccccc1)CN1CCCC1)c1ccco1. The maximum atomic E-state index is 12.1. The average molecular weight is 352 g/mol. The third-order valence-electron chi connectivity index (χ3n) is 3.84. The first-order valence-corrected chi connectivity index (χ1v) is 7.96. The number of nitrogens with zero attached hydrogens (tertiary/aromatic N) is 1. The summed E-state index contributed by atoms with van der Waals surface area (Å²) in [4.78, 5) is 14.4. The molecule has 0 saturated carbocycles. The number of halogens is 1. The molecule has 2 heterocycles. The minimum absolute atomic E-state index is 0. The van der Waals surface area contributed by atoms with Crippen molar-refractivity contribution in [2.45, 2.75) is 18.9 Å². The summed E-state index contributed by atoms with van der Waals surface area (Å²) in [5, 5.41) is 0. The second-order valence-corrected chi connectivity index (χ2v) is 5.64. The number of carbonyl (C=O) groups is 1. The highest BCUT2D eigenvalue weighted by Crippen LogP contribution is 2.14. The van der Waals surface area contributed by atoms with Crippen molar-refractivity contribution in [2.24, 2.45) is 0 Å².